The van der Waals surface area contributed by atoms with E-state index in [0.29, 0.717) is 66.4 Å². The molecule has 18 heteroatoms. The maximum atomic E-state index is 13.8. The lowest BCUT2D eigenvalue weighted by Crippen LogP contribution is -2.51. The minimum absolute atomic E-state index is 0. The van der Waals surface area contributed by atoms with Crippen molar-refractivity contribution in [1.82, 2.24) is 14.8 Å². The first-order valence-corrected chi connectivity index (χ1v) is 20.6. The summed E-state index contributed by atoms with van der Waals surface area (Å²) >= 11 is 0. The van der Waals surface area contributed by atoms with Gasteiger partial charge in [0.2, 0.25) is 0 Å². The molecule has 3 aromatic rings. The largest absolute Gasteiger partial charge is 0.493 e. The molecule has 3 amide bonds. The number of nitrogens with zero attached hydrogens (tertiary/aromatic N) is 6. The van der Waals surface area contributed by atoms with E-state index in [-0.39, 0.29) is 72.3 Å². The fraction of sp³-hybridized carbons (Fsp3) is 0.462. The molecule has 1 N–H and O–H groups in total. The highest BCUT2D eigenvalue weighted by atomic mass is 33.1. The van der Waals surface area contributed by atoms with Gasteiger partial charge in [-0.15, -0.1) is 0 Å². The Balaban J connectivity index is 0.00000549. The van der Waals surface area contributed by atoms with Crippen LogP contribution in [0.15, 0.2) is 52.6 Å². The molecular formula is C39H46N6O10S2. The zero-order valence-electron chi connectivity index (χ0n) is 31.1. The number of carbonyl (C=O) groups is 3. The molecule has 5 heterocycles. The molecule has 7 rings (SSSR count). The number of aliphatic hydroxyl groups excluding tert-OH is 1. The van der Waals surface area contributed by atoms with Crippen LogP contribution < -0.4 is 19.1 Å². The SMILES string of the molecule is C.COc1cc2c(cc1OCCCOc1cc3c(cc1C)C(=O)N1CCC[C@H]1C(O)N3C(=O)OC[C@@H](C)SSc1ncccc1[N+](=O)[O-])N=C[C@@H]1CCCN1C2=O. The predicted octanol–water partition coefficient (Wildman–Crippen LogP) is 6.82. The molecule has 0 spiro atoms. The van der Waals surface area contributed by atoms with Crippen molar-refractivity contribution >= 4 is 62.8 Å². The average molecular weight is 823 g/mol. The van der Waals surface area contributed by atoms with Crippen LogP contribution in [0, 0.1) is 17.0 Å². The molecule has 304 valence electrons. The molecule has 57 heavy (non-hydrogen) atoms. The number of carbonyl (C=O) groups excluding carboxylic acids is 3. The van der Waals surface area contributed by atoms with Crippen molar-refractivity contribution in [2.45, 2.75) is 82.0 Å². The summed E-state index contributed by atoms with van der Waals surface area (Å²) in [7, 11) is 3.88. The number of aliphatic hydroxyl groups is 1. The highest BCUT2D eigenvalue weighted by Gasteiger charge is 2.45. The standard InChI is InChI=1S/C38H42N6O10S2.CH4/c1-22-16-26-30(19-31(22)52-14-7-15-53-33-18-27-25(17-32(33)51-3)35(45)41-12-5-8-24(41)20-40-27)43(37(47)29-10-6-13-42(29)36(26)46)38(48)54-21-23(2)55-56-34-28(44(49)50)9-4-11-39-34;/h4,9,11,16-20,23-24,29,37,47H,5-8,10,12-15,21H2,1-3H3;1H4/t23-,24+,29+,37?;/m1./s1. The monoisotopic (exact) mass is 822 g/mol. The van der Waals surface area contributed by atoms with Gasteiger partial charge in [0.15, 0.2) is 22.8 Å². The van der Waals surface area contributed by atoms with Crippen LogP contribution in [0.2, 0.25) is 0 Å². The molecule has 0 radical (unpaired) electrons. The lowest BCUT2D eigenvalue weighted by atomic mass is 10.1. The van der Waals surface area contributed by atoms with E-state index < -0.39 is 23.3 Å². The molecule has 2 saturated heterocycles. The molecule has 4 aliphatic rings. The van der Waals surface area contributed by atoms with Gasteiger partial charge in [-0.05, 0) is 74.1 Å². The number of aliphatic imine (C=N–C) groups is 1. The van der Waals surface area contributed by atoms with Gasteiger partial charge in [-0.1, -0.05) is 18.2 Å². The van der Waals surface area contributed by atoms with Gasteiger partial charge in [-0.2, -0.15) is 0 Å². The van der Waals surface area contributed by atoms with Gasteiger partial charge in [-0.3, -0.25) is 24.7 Å². The zero-order valence-corrected chi connectivity index (χ0v) is 32.8. The first-order chi connectivity index (χ1) is 27.0. The highest BCUT2D eigenvalue weighted by molar-refractivity contribution is 8.77. The second-order valence-electron chi connectivity index (χ2n) is 13.8. The summed E-state index contributed by atoms with van der Waals surface area (Å²) in [5.74, 6) is 0.920. The molecule has 2 fully saturated rings. The van der Waals surface area contributed by atoms with E-state index in [2.05, 4.69) is 9.98 Å². The number of aryl methyl sites for hydroxylation is 1. The molecule has 0 aliphatic carbocycles. The number of hydrogen-bond acceptors (Lipinski definition) is 14. The van der Waals surface area contributed by atoms with E-state index in [0.717, 1.165) is 28.5 Å². The molecule has 1 unspecified atom stereocenters. The third-order valence-corrected chi connectivity index (χ3v) is 12.9. The Hall–Kier alpha value is -5.07. The summed E-state index contributed by atoms with van der Waals surface area (Å²) in [6.07, 6.45) is 4.54. The number of ether oxygens (including phenoxy) is 4. The van der Waals surface area contributed by atoms with E-state index in [9.17, 15) is 29.6 Å². The number of pyridine rings is 1. The minimum atomic E-state index is -1.38. The zero-order chi connectivity index (χ0) is 39.5. The summed E-state index contributed by atoms with van der Waals surface area (Å²) in [5, 5.41) is 22.9. The number of fused-ring (bicyclic) bond motifs is 4. The molecule has 16 nitrogen and oxygen atoms in total. The molecule has 4 aliphatic heterocycles. The summed E-state index contributed by atoms with van der Waals surface area (Å²) in [5.41, 5.74) is 1.96. The number of rotatable bonds is 13. The third kappa shape index (κ3) is 8.62. The van der Waals surface area contributed by atoms with Crippen LogP contribution in [0.25, 0.3) is 0 Å². The molecule has 2 aromatic carbocycles. The number of anilines is 1. The maximum Gasteiger partial charge on any atom is 0.416 e. The first-order valence-electron chi connectivity index (χ1n) is 18.4. The van der Waals surface area contributed by atoms with Crippen LogP contribution >= 0.6 is 21.6 Å². The van der Waals surface area contributed by atoms with Gasteiger partial charge >= 0.3 is 11.8 Å². The second-order valence-corrected chi connectivity index (χ2v) is 16.5. The minimum Gasteiger partial charge on any atom is -0.493 e. The van der Waals surface area contributed by atoms with E-state index in [4.69, 9.17) is 18.9 Å². The van der Waals surface area contributed by atoms with Crippen molar-refractivity contribution in [3.63, 3.8) is 0 Å². The van der Waals surface area contributed by atoms with Crippen molar-refractivity contribution in [1.29, 1.82) is 0 Å². The Morgan fingerprint density at radius 3 is 2.54 bits per heavy atom. The Labute approximate surface area is 338 Å². The van der Waals surface area contributed by atoms with E-state index >= 15 is 0 Å². The Bertz CT molecular complexity index is 2050. The molecule has 4 atom stereocenters. The number of aromatic nitrogens is 1. The number of hydrogen-bond donors (Lipinski definition) is 1. The van der Waals surface area contributed by atoms with Gasteiger partial charge in [-0.25, -0.2) is 14.7 Å². The smallest absolute Gasteiger partial charge is 0.416 e. The van der Waals surface area contributed by atoms with Crippen LogP contribution in [-0.2, 0) is 4.74 Å². The van der Waals surface area contributed by atoms with E-state index in [1.54, 1.807) is 43.0 Å². The predicted molar refractivity (Wildman–Crippen MR) is 216 cm³/mol. The summed E-state index contributed by atoms with van der Waals surface area (Å²) in [6, 6.07) is 8.86. The normalized spacial score (nSPS) is 20.0. The first kappa shape index (κ1) is 41.6. The van der Waals surface area contributed by atoms with Gasteiger partial charge in [0.05, 0.1) is 59.8 Å². The van der Waals surface area contributed by atoms with Crippen molar-refractivity contribution in [3.8, 4) is 17.2 Å². The van der Waals surface area contributed by atoms with Crippen LogP contribution in [-0.4, -0.2) is 113 Å². The van der Waals surface area contributed by atoms with Crippen molar-refractivity contribution in [3.05, 3.63) is 69.4 Å². The Morgan fingerprint density at radius 1 is 1.04 bits per heavy atom. The third-order valence-electron chi connectivity index (χ3n) is 10.1. The highest BCUT2D eigenvalue weighted by Crippen LogP contribution is 2.41. The lowest BCUT2D eigenvalue weighted by molar-refractivity contribution is -0.388. The fourth-order valence-electron chi connectivity index (χ4n) is 7.28. The van der Waals surface area contributed by atoms with Crippen LogP contribution in [0.1, 0.15) is 72.7 Å². The maximum absolute atomic E-state index is 13.8. The van der Waals surface area contributed by atoms with E-state index in [1.165, 1.54) is 36.2 Å². The topological polar surface area (TPSA) is 186 Å². The van der Waals surface area contributed by atoms with Crippen LogP contribution in [0.3, 0.4) is 0 Å². The van der Waals surface area contributed by atoms with Crippen molar-refractivity contribution in [2.75, 3.05) is 44.9 Å². The number of nitro groups is 1. The quantitative estimate of drug-likeness (QED) is 0.0820. The van der Waals surface area contributed by atoms with Gasteiger partial charge < -0.3 is 33.9 Å². The Kier molecular flexibility index (Phi) is 13.1. The number of benzene rings is 2. The van der Waals surface area contributed by atoms with E-state index in [1.807, 2.05) is 11.1 Å². The lowest BCUT2D eigenvalue weighted by Gasteiger charge is -2.32. The van der Waals surface area contributed by atoms with Crippen molar-refractivity contribution < 1.29 is 43.4 Å². The summed E-state index contributed by atoms with van der Waals surface area (Å²) < 4.78 is 23.5. The average Bonchev–Trinajstić information content (AvgIpc) is 3.85. The molecule has 0 bridgehead atoms. The Morgan fingerprint density at radius 2 is 1.77 bits per heavy atom. The van der Waals surface area contributed by atoms with Crippen LogP contribution in [0.4, 0.5) is 21.9 Å². The van der Waals surface area contributed by atoms with Gasteiger partial charge in [0.25, 0.3) is 11.8 Å². The molecule has 0 saturated carbocycles. The number of amides is 3. The fourth-order valence-corrected chi connectivity index (χ4v) is 9.31. The molecular weight excluding hydrogens is 777 g/mol. The van der Waals surface area contributed by atoms with Gasteiger partial charge in [0.1, 0.15) is 12.4 Å². The van der Waals surface area contributed by atoms with Crippen LogP contribution in [0.5, 0.6) is 17.2 Å². The van der Waals surface area contributed by atoms with Gasteiger partial charge in [0, 0.05) is 55.4 Å². The summed E-state index contributed by atoms with van der Waals surface area (Å²) in [4.78, 5) is 64.9. The summed E-state index contributed by atoms with van der Waals surface area (Å²) in [6.45, 7) is 5.14. The number of methoxy groups -OCH3 is 1. The molecule has 1 aromatic heterocycles. The van der Waals surface area contributed by atoms with Crippen molar-refractivity contribution in [2.24, 2.45) is 4.99 Å². The second kappa shape index (κ2) is 18.0.